The number of carbonyl (C=O) groups is 2. The molecule has 0 saturated heterocycles. The Balaban J connectivity index is 1.51. The third kappa shape index (κ3) is 5.93. The van der Waals surface area contributed by atoms with E-state index in [1.165, 1.54) is 25.4 Å². The van der Waals surface area contributed by atoms with E-state index in [0.29, 0.717) is 45.5 Å². The zero-order valence-electron chi connectivity index (χ0n) is 18.2. The molecule has 2 aromatic heterocycles. The molecular weight excluding hydrogens is 454 g/mol. The van der Waals surface area contributed by atoms with Gasteiger partial charge < -0.3 is 15.4 Å². The highest BCUT2D eigenvalue weighted by molar-refractivity contribution is 6.32. The number of benzene rings is 2. The molecule has 8 nitrogen and oxygen atoms in total. The van der Waals surface area contributed by atoms with Gasteiger partial charge in [-0.3, -0.25) is 14.6 Å². The zero-order valence-corrected chi connectivity index (χ0v) is 18.9. The lowest BCUT2D eigenvalue weighted by Gasteiger charge is -2.12. The summed E-state index contributed by atoms with van der Waals surface area (Å²) in [5.41, 5.74) is 2.73. The van der Waals surface area contributed by atoms with Crippen LogP contribution in [-0.4, -0.2) is 26.6 Å². The highest BCUT2D eigenvalue weighted by atomic mass is 35.5. The minimum absolute atomic E-state index is 0.208. The topological polar surface area (TPSA) is 106 Å². The number of allylic oxidation sites excluding steroid dienone is 1. The second-order valence-corrected chi connectivity index (χ2v) is 7.67. The number of aromatic nitrogens is 3. The molecule has 170 valence electrons. The lowest BCUT2D eigenvalue weighted by molar-refractivity contribution is -0.114. The summed E-state index contributed by atoms with van der Waals surface area (Å²) in [7, 11) is 0. The van der Waals surface area contributed by atoms with Crippen LogP contribution in [0.4, 0.5) is 17.2 Å². The molecule has 4 aromatic rings. The molecule has 0 radical (unpaired) electrons. The Labute approximate surface area is 200 Å². The summed E-state index contributed by atoms with van der Waals surface area (Å²) in [4.78, 5) is 35.9. The standard InChI is InChI=1S/C25H20ClN5O3/c1-16(32)5-10-24(33)30-17-6-8-22-20(12-17)25(29-15-28-22)31-18-7-9-23(21(26)13-18)34-14-19-4-2-3-11-27-19/h2-13,15H,14H2,1H3,(H,30,33)(H,28,29,31). The van der Waals surface area contributed by atoms with Gasteiger partial charge in [-0.2, -0.15) is 0 Å². The van der Waals surface area contributed by atoms with Gasteiger partial charge in [-0.1, -0.05) is 17.7 Å². The van der Waals surface area contributed by atoms with Crippen LogP contribution in [0.2, 0.25) is 5.02 Å². The maximum atomic E-state index is 12.0. The van der Waals surface area contributed by atoms with Gasteiger partial charge in [0.1, 0.15) is 24.5 Å². The first-order valence-electron chi connectivity index (χ1n) is 10.3. The van der Waals surface area contributed by atoms with Crippen molar-refractivity contribution in [2.45, 2.75) is 13.5 Å². The van der Waals surface area contributed by atoms with Gasteiger partial charge in [-0.15, -0.1) is 0 Å². The van der Waals surface area contributed by atoms with Crippen LogP contribution in [0.25, 0.3) is 10.9 Å². The van der Waals surface area contributed by atoms with E-state index in [4.69, 9.17) is 16.3 Å². The number of fused-ring (bicyclic) bond motifs is 1. The van der Waals surface area contributed by atoms with E-state index >= 15 is 0 Å². The maximum Gasteiger partial charge on any atom is 0.248 e. The Kier molecular flexibility index (Phi) is 7.10. The molecule has 1 amide bonds. The SMILES string of the molecule is CC(=O)C=CC(=O)Nc1ccc2ncnc(Nc3ccc(OCc4ccccn4)c(Cl)c3)c2c1. The van der Waals surface area contributed by atoms with Crippen LogP contribution in [0.15, 0.2) is 79.3 Å². The van der Waals surface area contributed by atoms with Crippen molar-refractivity contribution in [2.24, 2.45) is 0 Å². The first kappa shape index (κ1) is 22.9. The average Bonchev–Trinajstić information content (AvgIpc) is 2.83. The number of anilines is 3. The molecule has 0 aliphatic heterocycles. The Morgan fingerprint density at radius 1 is 1.00 bits per heavy atom. The van der Waals surface area contributed by atoms with Crippen LogP contribution in [0.1, 0.15) is 12.6 Å². The Bertz CT molecular complexity index is 1380. The van der Waals surface area contributed by atoms with Gasteiger partial charge in [0.2, 0.25) is 5.91 Å². The summed E-state index contributed by atoms with van der Waals surface area (Å²) < 4.78 is 5.77. The monoisotopic (exact) mass is 473 g/mol. The molecule has 0 unspecified atom stereocenters. The first-order valence-corrected chi connectivity index (χ1v) is 10.7. The van der Waals surface area contributed by atoms with Gasteiger partial charge in [0.05, 0.1) is 16.2 Å². The number of pyridine rings is 1. The Morgan fingerprint density at radius 3 is 2.62 bits per heavy atom. The summed E-state index contributed by atoms with van der Waals surface area (Å²) in [6, 6.07) is 16.2. The van der Waals surface area contributed by atoms with Crippen molar-refractivity contribution in [1.29, 1.82) is 0 Å². The van der Waals surface area contributed by atoms with Crippen molar-refractivity contribution >= 4 is 51.4 Å². The fourth-order valence-corrected chi connectivity index (χ4v) is 3.31. The molecule has 0 aliphatic carbocycles. The molecule has 0 bridgehead atoms. The van der Waals surface area contributed by atoms with E-state index in [2.05, 4.69) is 25.6 Å². The van der Waals surface area contributed by atoms with Gasteiger partial charge in [0, 0.05) is 29.0 Å². The number of ether oxygens (including phenoxy) is 1. The Morgan fingerprint density at radius 2 is 1.85 bits per heavy atom. The molecular formula is C25H20ClN5O3. The first-order chi connectivity index (χ1) is 16.5. The molecule has 0 aliphatic rings. The molecule has 2 heterocycles. The van der Waals surface area contributed by atoms with Crippen LogP contribution in [-0.2, 0) is 16.2 Å². The van der Waals surface area contributed by atoms with Gasteiger partial charge in [-0.05, 0) is 61.5 Å². The van der Waals surface area contributed by atoms with Crippen LogP contribution in [0, 0.1) is 0 Å². The summed E-state index contributed by atoms with van der Waals surface area (Å²) in [5, 5.41) is 7.09. The van der Waals surface area contributed by atoms with Crippen molar-refractivity contribution in [3.05, 3.63) is 90.0 Å². The van der Waals surface area contributed by atoms with Crippen molar-refractivity contribution < 1.29 is 14.3 Å². The summed E-state index contributed by atoms with van der Waals surface area (Å²) in [6.45, 7) is 1.68. The highest BCUT2D eigenvalue weighted by Gasteiger charge is 2.09. The number of hydrogen-bond acceptors (Lipinski definition) is 7. The van der Waals surface area contributed by atoms with Crippen LogP contribution in [0.3, 0.4) is 0 Å². The van der Waals surface area contributed by atoms with Crippen molar-refractivity contribution in [1.82, 2.24) is 15.0 Å². The molecule has 0 atom stereocenters. The number of halogens is 1. The van der Waals surface area contributed by atoms with E-state index in [1.54, 1.807) is 36.5 Å². The highest BCUT2D eigenvalue weighted by Crippen LogP contribution is 2.31. The number of ketones is 1. The predicted molar refractivity (Wildman–Crippen MR) is 131 cm³/mol. The van der Waals surface area contributed by atoms with E-state index in [1.807, 2.05) is 24.3 Å². The molecule has 9 heteroatoms. The van der Waals surface area contributed by atoms with Crippen LogP contribution in [0.5, 0.6) is 5.75 Å². The smallest absolute Gasteiger partial charge is 0.248 e. The third-order valence-electron chi connectivity index (χ3n) is 4.67. The third-order valence-corrected chi connectivity index (χ3v) is 4.96. The van der Waals surface area contributed by atoms with E-state index in [9.17, 15) is 9.59 Å². The molecule has 4 rings (SSSR count). The predicted octanol–water partition coefficient (Wildman–Crippen LogP) is 5.08. The van der Waals surface area contributed by atoms with Gasteiger partial charge in [0.15, 0.2) is 5.78 Å². The number of nitrogens with zero attached hydrogens (tertiary/aromatic N) is 3. The van der Waals surface area contributed by atoms with Crippen molar-refractivity contribution in [2.75, 3.05) is 10.6 Å². The van der Waals surface area contributed by atoms with Crippen LogP contribution >= 0.6 is 11.6 Å². The second kappa shape index (κ2) is 10.5. The number of carbonyl (C=O) groups excluding carboxylic acids is 2. The number of hydrogen-bond donors (Lipinski definition) is 2. The number of amides is 1. The number of nitrogens with one attached hydrogen (secondary N) is 2. The molecule has 0 fully saturated rings. The second-order valence-electron chi connectivity index (χ2n) is 7.27. The quantitative estimate of drug-likeness (QED) is 0.343. The maximum absolute atomic E-state index is 12.0. The number of rotatable bonds is 8. The van der Waals surface area contributed by atoms with Crippen molar-refractivity contribution in [3.63, 3.8) is 0 Å². The fraction of sp³-hybridized carbons (Fsp3) is 0.0800. The summed E-state index contributed by atoms with van der Waals surface area (Å²) in [6.07, 6.45) is 5.55. The Hall–Kier alpha value is -4.30. The van der Waals surface area contributed by atoms with Crippen LogP contribution < -0.4 is 15.4 Å². The molecule has 2 aromatic carbocycles. The van der Waals surface area contributed by atoms with Gasteiger partial charge in [-0.25, -0.2) is 9.97 Å². The normalized spacial score (nSPS) is 10.9. The van der Waals surface area contributed by atoms with E-state index in [-0.39, 0.29) is 5.78 Å². The lowest BCUT2D eigenvalue weighted by atomic mass is 10.2. The minimum atomic E-state index is -0.408. The van der Waals surface area contributed by atoms with E-state index in [0.717, 1.165) is 5.69 Å². The average molecular weight is 474 g/mol. The lowest BCUT2D eigenvalue weighted by Crippen LogP contribution is -2.08. The minimum Gasteiger partial charge on any atom is -0.486 e. The molecule has 0 saturated carbocycles. The molecule has 34 heavy (non-hydrogen) atoms. The zero-order chi connectivity index (χ0) is 23.9. The van der Waals surface area contributed by atoms with Gasteiger partial charge >= 0.3 is 0 Å². The molecule has 2 N–H and O–H groups in total. The van der Waals surface area contributed by atoms with E-state index < -0.39 is 5.91 Å². The van der Waals surface area contributed by atoms with Crippen molar-refractivity contribution in [3.8, 4) is 5.75 Å². The largest absolute Gasteiger partial charge is 0.486 e. The summed E-state index contributed by atoms with van der Waals surface area (Å²) in [5.74, 6) is 0.460. The van der Waals surface area contributed by atoms with Gasteiger partial charge in [0.25, 0.3) is 0 Å². The summed E-state index contributed by atoms with van der Waals surface area (Å²) >= 11 is 6.42. The molecule has 0 spiro atoms. The fourth-order valence-electron chi connectivity index (χ4n) is 3.08.